The minimum absolute atomic E-state index is 0.557. The maximum absolute atomic E-state index is 4.87. The van der Waals surface area contributed by atoms with Crippen LogP contribution in [0.3, 0.4) is 0 Å². The Morgan fingerprint density at radius 3 is 3.04 bits per heavy atom. The Bertz CT molecular complexity index is 753. The lowest BCUT2D eigenvalue weighted by atomic mass is 10.00. The molecule has 0 radical (unpaired) electrons. The molecule has 1 fully saturated rings. The molecule has 6 nitrogen and oxygen atoms in total. The van der Waals surface area contributed by atoms with Crippen LogP contribution in [0, 0.1) is 6.92 Å². The molecule has 0 N–H and O–H groups in total. The minimum atomic E-state index is 0.557. The Hall–Kier alpha value is -1.89. The molecule has 4 rings (SSSR count). The number of rotatable bonds is 4. The molecule has 1 aliphatic rings. The van der Waals surface area contributed by atoms with Gasteiger partial charge in [-0.1, -0.05) is 11.3 Å². The SMILES string of the molecule is Cc1nn(C)c2nc(N3CCCCC3CCn3cccn3)sc12. The van der Waals surface area contributed by atoms with Crippen molar-refractivity contribution < 1.29 is 0 Å². The first-order chi connectivity index (χ1) is 11.2. The standard InChI is InChI=1S/C16H22N6S/c1-12-14-15(20(2)19-12)18-16(23-14)22-10-4-3-6-13(22)7-11-21-9-5-8-17-21/h5,8-9,13H,3-4,6-7,10-11H2,1-2H3. The average Bonchev–Trinajstić information content (AvgIpc) is 3.26. The first kappa shape index (κ1) is 14.7. The van der Waals surface area contributed by atoms with E-state index in [4.69, 9.17) is 4.98 Å². The van der Waals surface area contributed by atoms with Gasteiger partial charge in [0, 0.05) is 38.6 Å². The third-order valence-corrected chi connectivity index (χ3v) is 5.85. The normalized spacial score (nSPS) is 18.9. The number of aryl methyl sites for hydroxylation is 3. The summed E-state index contributed by atoms with van der Waals surface area (Å²) in [5.41, 5.74) is 2.09. The Balaban J connectivity index is 1.57. The molecule has 4 heterocycles. The molecular weight excluding hydrogens is 308 g/mol. The zero-order valence-corrected chi connectivity index (χ0v) is 14.5. The molecule has 0 bridgehead atoms. The zero-order chi connectivity index (χ0) is 15.8. The van der Waals surface area contributed by atoms with Gasteiger partial charge in [0.25, 0.3) is 0 Å². The van der Waals surface area contributed by atoms with E-state index in [-0.39, 0.29) is 0 Å². The van der Waals surface area contributed by atoms with E-state index in [9.17, 15) is 0 Å². The number of aromatic nitrogens is 5. The van der Waals surface area contributed by atoms with Crippen molar-refractivity contribution in [2.45, 2.75) is 45.2 Å². The Morgan fingerprint density at radius 1 is 1.35 bits per heavy atom. The van der Waals surface area contributed by atoms with Crippen LogP contribution in [0.2, 0.25) is 0 Å². The smallest absolute Gasteiger partial charge is 0.188 e. The molecule has 0 aromatic carbocycles. The molecule has 3 aromatic rings. The molecule has 1 atom stereocenters. The van der Waals surface area contributed by atoms with Crippen LogP contribution in [0.4, 0.5) is 5.13 Å². The van der Waals surface area contributed by atoms with Gasteiger partial charge in [0.2, 0.25) is 0 Å². The summed E-state index contributed by atoms with van der Waals surface area (Å²) in [6.45, 7) is 4.14. The summed E-state index contributed by atoms with van der Waals surface area (Å²) in [7, 11) is 1.98. The van der Waals surface area contributed by atoms with Gasteiger partial charge in [-0.05, 0) is 38.7 Å². The molecule has 1 unspecified atom stereocenters. The Kier molecular flexibility index (Phi) is 3.80. The summed E-state index contributed by atoms with van der Waals surface area (Å²) >= 11 is 1.79. The molecular formula is C16H22N6S. The van der Waals surface area contributed by atoms with Crippen LogP contribution in [-0.2, 0) is 13.6 Å². The molecule has 1 aliphatic heterocycles. The average molecular weight is 330 g/mol. The summed E-state index contributed by atoms with van der Waals surface area (Å²) in [6.07, 6.45) is 8.82. The second-order valence-corrected chi connectivity index (χ2v) is 7.24. The van der Waals surface area contributed by atoms with Gasteiger partial charge < -0.3 is 4.90 Å². The number of hydrogen-bond acceptors (Lipinski definition) is 5. The maximum Gasteiger partial charge on any atom is 0.188 e. The molecule has 1 saturated heterocycles. The summed E-state index contributed by atoms with van der Waals surface area (Å²) in [5.74, 6) is 0. The van der Waals surface area contributed by atoms with Crippen molar-refractivity contribution in [3.63, 3.8) is 0 Å². The highest BCUT2D eigenvalue weighted by molar-refractivity contribution is 7.22. The predicted molar refractivity (Wildman–Crippen MR) is 93.0 cm³/mol. The van der Waals surface area contributed by atoms with Crippen LogP contribution in [0.1, 0.15) is 31.4 Å². The van der Waals surface area contributed by atoms with Gasteiger partial charge in [-0.2, -0.15) is 10.2 Å². The highest BCUT2D eigenvalue weighted by Gasteiger charge is 2.26. The van der Waals surface area contributed by atoms with Crippen molar-refractivity contribution in [2.75, 3.05) is 11.4 Å². The van der Waals surface area contributed by atoms with Gasteiger partial charge >= 0.3 is 0 Å². The van der Waals surface area contributed by atoms with Crippen LogP contribution in [0.15, 0.2) is 18.5 Å². The van der Waals surface area contributed by atoms with E-state index in [2.05, 4.69) is 22.0 Å². The lowest BCUT2D eigenvalue weighted by Gasteiger charge is -2.35. The van der Waals surface area contributed by atoms with E-state index in [0.29, 0.717) is 6.04 Å². The number of nitrogens with zero attached hydrogens (tertiary/aromatic N) is 6. The highest BCUT2D eigenvalue weighted by atomic mass is 32.1. The van der Waals surface area contributed by atoms with Gasteiger partial charge in [-0.15, -0.1) is 0 Å². The fraction of sp³-hybridized carbons (Fsp3) is 0.562. The fourth-order valence-corrected chi connectivity index (χ4v) is 4.59. The largest absolute Gasteiger partial charge is 0.345 e. The van der Waals surface area contributed by atoms with E-state index in [1.807, 2.05) is 34.9 Å². The topological polar surface area (TPSA) is 51.8 Å². The molecule has 0 aliphatic carbocycles. The summed E-state index contributed by atoms with van der Waals surface area (Å²) in [5, 5.41) is 9.94. The van der Waals surface area contributed by atoms with Crippen LogP contribution >= 0.6 is 11.3 Å². The highest BCUT2D eigenvalue weighted by Crippen LogP contribution is 2.34. The van der Waals surface area contributed by atoms with Crippen molar-refractivity contribution in [1.29, 1.82) is 0 Å². The second kappa shape index (κ2) is 5.96. The number of anilines is 1. The van der Waals surface area contributed by atoms with Crippen molar-refractivity contribution >= 4 is 26.8 Å². The Labute approximate surface area is 139 Å². The summed E-state index contributed by atoms with van der Waals surface area (Å²) < 4.78 is 5.14. The second-order valence-electron chi connectivity index (χ2n) is 6.26. The lowest BCUT2D eigenvalue weighted by Crippen LogP contribution is -2.40. The van der Waals surface area contributed by atoms with Gasteiger partial charge in [-0.25, -0.2) is 9.67 Å². The van der Waals surface area contributed by atoms with Crippen molar-refractivity contribution in [3.8, 4) is 0 Å². The van der Waals surface area contributed by atoms with Crippen molar-refractivity contribution in [2.24, 2.45) is 7.05 Å². The number of piperidine rings is 1. The predicted octanol–water partition coefficient (Wildman–Crippen LogP) is 2.98. The summed E-state index contributed by atoms with van der Waals surface area (Å²) in [6, 6.07) is 2.55. The van der Waals surface area contributed by atoms with Crippen molar-refractivity contribution in [3.05, 3.63) is 24.2 Å². The van der Waals surface area contributed by atoms with Crippen LogP contribution < -0.4 is 4.90 Å². The van der Waals surface area contributed by atoms with E-state index in [1.165, 1.54) is 24.0 Å². The Morgan fingerprint density at radius 2 is 2.26 bits per heavy atom. The summed E-state index contributed by atoms with van der Waals surface area (Å²) in [4.78, 5) is 7.39. The number of thiazole rings is 1. The molecule has 23 heavy (non-hydrogen) atoms. The molecule has 0 spiro atoms. The third kappa shape index (κ3) is 2.73. The van der Waals surface area contributed by atoms with Crippen LogP contribution in [-0.4, -0.2) is 37.1 Å². The molecule has 0 amide bonds. The first-order valence-electron chi connectivity index (χ1n) is 8.26. The number of hydrogen-bond donors (Lipinski definition) is 0. The van der Waals surface area contributed by atoms with E-state index < -0.39 is 0 Å². The van der Waals surface area contributed by atoms with Gasteiger partial charge in [0.05, 0.1) is 10.4 Å². The minimum Gasteiger partial charge on any atom is -0.345 e. The molecule has 0 saturated carbocycles. The van der Waals surface area contributed by atoms with E-state index >= 15 is 0 Å². The molecule has 3 aromatic heterocycles. The van der Waals surface area contributed by atoms with Crippen molar-refractivity contribution in [1.82, 2.24) is 24.5 Å². The van der Waals surface area contributed by atoms with Gasteiger partial charge in [-0.3, -0.25) is 4.68 Å². The van der Waals surface area contributed by atoms with Crippen LogP contribution in [0.25, 0.3) is 10.3 Å². The third-order valence-electron chi connectivity index (χ3n) is 4.66. The molecule has 7 heteroatoms. The molecule has 122 valence electrons. The zero-order valence-electron chi connectivity index (χ0n) is 13.6. The fourth-order valence-electron chi connectivity index (χ4n) is 3.46. The monoisotopic (exact) mass is 330 g/mol. The van der Waals surface area contributed by atoms with E-state index in [1.54, 1.807) is 11.3 Å². The maximum atomic E-state index is 4.87. The van der Waals surface area contributed by atoms with Gasteiger partial charge in [0.1, 0.15) is 0 Å². The van der Waals surface area contributed by atoms with Gasteiger partial charge in [0.15, 0.2) is 10.8 Å². The van der Waals surface area contributed by atoms with Crippen LogP contribution in [0.5, 0.6) is 0 Å². The lowest BCUT2D eigenvalue weighted by molar-refractivity contribution is 0.407. The first-order valence-corrected chi connectivity index (χ1v) is 9.08. The number of fused-ring (bicyclic) bond motifs is 1. The van der Waals surface area contributed by atoms with E-state index in [0.717, 1.165) is 36.0 Å². The quantitative estimate of drug-likeness (QED) is 0.738.